The fourth-order valence-electron chi connectivity index (χ4n) is 4.72. The van der Waals surface area contributed by atoms with E-state index in [4.69, 9.17) is 19.5 Å². The Bertz CT molecular complexity index is 1860. The predicted octanol–water partition coefficient (Wildman–Crippen LogP) is -1.21. The van der Waals surface area contributed by atoms with Crippen molar-refractivity contribution >= 4 is 69.1 Å². The molecule has 310 valence electrons. The number of phosphoric ester groups is 3. The lowest BCUT2D eigenvalue weighted by atomic mass is 9.87. The number of rotatable bonds is 21. The molecular weight excluding hydrogens is 821 g/mol. The number of carbonyl (C=O) groups is 3. The zero-order valence-corrected chi connectivity index (χ0v) is 33.2. The second-order valence-electron chi connectivity index (χ2n) is 12.2. The largest absolute Gasteiger partial charge is 0.481 e. The van der Waals surface area contributed by atoms with Crippen molar-refractivity contribution in [3.63, 3.8) is 0 Å². The number of allylic oxidation sites excluding steroid dienone is 1. The molecular formula is C26H43N8O17P3S. The molecule has 7 unspecified atom stereocenters. The van der Waals surface area contributed by atoms with Gasteiger partial charge < -0.3 is 56.2 Å². The van der Waals surface area contributed by atoms with Crippen LogP contribution in [-0.2, 0) is 50.7 Å². The molecule has 11 N–H and O–H groups in total. The third kappa shape index (κ3) is 13.6. The number of nitrogen functional groups attached to an aromatic ring is 1. The highest BCUT2D eigenvalue weighted by Gasteiger charge is 2.50. The summed E-state index contributed by atoms with van der Waals surface area (Å²) in [5.74, 6) is -1.18. The molecule has 0 spiro atoms. The first-order chi connectivity index (χ1) is 25.5. The fourth-order valence-corrected chi connectivity index (χ4v) is 8.31. The second kappa shape index (κ2) is 19.5. The Morgan fingerprint density at radius 3 is 2.40 bits per heavy atom. The summed E-state index contributed by atoms with van der Waals surface area (Å²) in [6.07, 6.45) is -5.33. The average Bonchev–Trinajstić information content (AvgIpc) is 3.65. The maximum atomic E-state index is 12.7. The highest BCUT2D eigenvalue weighted by atomic mass is 32.2. The maximum absolute atomic E-state index is 12.7. The molecule has 0 bridgehead atoms. The molecule has 7 atom stereocenters. The number of nitrogens with zero attached hydrogens (tertiary/aromatic N) is 4. The number of hydrogen-bond donors (Lipinski definition) is 10. The monoisotopic (exact) mass is 864 g/mol. The van der Waals surface area contributed by atoms with Crippen molar-refractivity contribution in [2.24, 2.45) is 5.41 Å². The Kier molecular flexibility index (Phi) is 16.5. The molecule has 1 aliphatic heterocycles. The summed E-state index contributed by atoms with van der Waals surface area (Å²) in [7, 11) is -14.8. The van der Waals surface area contributed by atoms with Crippen LogP contribution in [0.2, 0.25) is 0 Å². The Morgan fingerprint density at radius 1 is 1.09 bits per heavy atom. The predicted molar refractivity (Wildman–Crippen MR) is 190 cm³/mol. The normalized spacial score (nSPS) is 22.1. The molecule has 2 amide bonds. The van der Waals surface area contributed by atoms with E-state index in [1.807, 2.05) is 0 Å². The Balaban J connectivity index is 1.50. The minimum Gasteiger partial charge on any atom is -0.386 e. The summed E-state index contributed by atoms with van der Waals surface area (Å²) >= 11 is 0.997. The molecule has 2 aromatic heterocycles. The van der Waals surface area contributed by atoms with E-state index in [2.05, 4.69) is 39.7 Å². The molecule has 3 rings (SSSR count). The first-order valence-electron chi connectivity index (χ1n) is 15.9. The quantitative estimate of drug-likeness (QED) is 0.0400. The third-order valence-electron chi connectivity index (χ3n) is 7.51. The maximum Gasteiger partial charge on any atom is 0.481 e. The molecule has 1 fully saturated rings. The lowest BCUT2D eigenvalue weighted by Gasteiger charge is -2.30. The van der Waals surface area contributed by atoms with Crippen LogP contribution in [0.5, 0.6) is 0 Å². The van der Waals surface area contributed by atoms with Crippen LogP contribution in [0.4, 0.5) is 5.82 Å². The van der Waals surface area contributed by atoms with E-state index in [0.29, 0.717) is 11.4 Å². The minimum atomic E-state index is -5.57. The summed E-state index contributed by atoms with van der Waals surface area (Å²) in [5.41, 5.74) is 4.67. The average molecular weight is 865 g/mol. The van der Waals surface area contributed by atoms with Gasteiger partial charge in [-0.2, -0.15) is 4.31 Å². The molecule has 0 saturated carbocycles. The molecule has 0 aromatic carbocycles. The summed E-state index contributed by atoms with van der Waals surface area (Å²) in [5, 5.41) is 28.9. The van der Waals surface area contributed by atoms with Gasteiger partial charge in [0.2, 0.25) is 16.9 Å². The molecule has 25 nitrogen and oxygen atoms in total. The zero-order valence-electron chi connectivity index (χ0n) is 29.7. The SMILES string of the molecule is C/C=C(\NC)C(=O)SCCNC(=O)CCNC(=O)C(O)C(C)(C)COP(=O)(O)OP(=O)(O)OCC1OC(n2cnc3c(N)ncnc32)C(O)C1OP(=O)(O)O. The van der Waals surface area contributed by atoms with E-state index in [1.165, 1.54) is 13.8 Å². The van der Waals surface area contributed by atoms with Crippen molar-refractivity contribution in [3.05, 3.63) is 24.4 Å². The molecule has 55 heavy (non-hydrogen) atoms. The van der Waals surface area contributed by atoms with E-state index in [9.17, 15) is 57.9 Å². The van der Waals surface area contributed by atoms with Crippen LogP contribution in [0.1, 0.15) is 33.4 Å². The second-order valence-corrected chi connectivity index (χ2v) is 17.5. The molecule has 1 saturated heterocycles. The standard InChI is InChI=1S/C26H43N8O17P3S/c1-5-14(28-4)25(39)55-9-8-29-16(35)6-7-30-23(38)20(37)26(2,3)11-48-54(45,46)51-53(43,44)47-10-15-19(50-52(40,41)42)18(36)24(49-15)34-13-33-17-21(27)31-12-32-22(17)34/h5,12-13,15,18-20,24,28,36-37H,6-11H2,1-4H3,(H,29,35)(H,30,38)(H,43,44)(H,45,46)(H2,27,31,32)(H2,40,41,42)/b14-5-. The van der Waals surface area contributed by atoms with Crippen LogP contribution in [-0.4, -0.2) is 130 Å². The van der Waals surface area contributed by atoms with Gasteiger partial charge in [0.15, 0.2) is 17.7 Å². The number of aromatic nitrogens is 4. The molecule has 3 heterocycles. The minimum absolute atomic E-state index is 0.0289. The number of amides is 2. The number of nitrogens with two attached hydrogens (primary N) is 1. The van der Waals surface area contributed by atoms with Crippen molar-refractivity contribution < 1.29 is 80.5 Å². The van der Waals surface area contributed by atoms with Gasteiger partial charge in [-0.05, 0) is 6.92 Å². The Hall–Kier alpha value is -2.90. The van der Waals surface area contributed by atoms with Crippen LogP contribution < -0.4 is 21.7 Å². The third-order valence-corrected chi connectivity index (χ3v) is 11.5. The van der Waals surface area contributed by atoms with E-state index in [1.54, 1.807) is 20.0 Å². The van der Waals surface area contributed by atoms with Gasteiger partial charge >= 0.3 is 23.5 Å². The zero-order chi connectivity index (χ0) is 41.4. The van der Waals surface area contributed by atoms with E-state index in [-0.39, 0.29) is 41.6 Å². The fraction of sp³-hybridized carbons (Fsp3) is 0.615. The van der Waals surface area contributed by atoms with Crippen LogP contribution >= 0.6 is 35.2 Å². The summed E-state index contributed by atoms with van der Waals surface area (Å²) in [4.78, 5) is 87.4. The summed E-state index contributed by atoms with van der Waals surface area (Å²) in [6, 6.07) is 0. The Labute approximate surface area is 317 Å². The number of likely N-dealkylation sites (N-methyl/N-ethyl adjacent to an activating group) is 1. The van der Waals surface area contributed by atoms with Gasteiger partial charge in [0.1, 0.15) is 36.3 Å². The van der Waals surface area contributed by atoms with Crippen LogP contribution in [0.25, 0.3) is 11.2 Å². The number of nitrogens with one attached hydrogen (secondary N) is 3. The number of anilines is 1. The van der Waals surface area contributed by atoms with Crippen molar-refractivity contribution in [2.45, 2.75) is 57.8 Å². The molecule has 0 aliphatic carbocycles. The van der Waals surface area contributed by atoms with Gasteiger partial charge in [-0.1, -0.05) is 31.7 Å². The number of phosphoric acid groups is 3. The first kappa shape index (κ1) is 46.5. The highest BCUT2D eigenvalue weighted by Crippen LogP contribution is 2.61. The number of carbonyl (C=O) groups excluding carboxylic acids is 3. The lowest BCUT2D eigenvalue weighted by Crippen LogP contribution is -2.46. The van der Waals surface area contributed by atoms with Crippen molar-refractivity contribution in [3.8, 4) is 0 Å². The smallest absolute Gasteiger partial charge is 0.386 e. The van der Waals surface area contributed by atoms with Crippen LogP contribution in [0, 0.1) is 5.41 Å². The lowest BCUT2D eigenvalue weighted by molar-refractivity contribution is -0.137. The van der Waals surface area contributed by atoms with Gasteiger partial charge in [-0.15, -0.1) is 0 Å². The van der Waals surface area contributed by atoms with E-state index in [0.717, 1.165) is 29.0 Å². The molecule has 0 radical (unpaired) electrons. The number of ether oxygens (including phenoxy) is 1. The Morgan fingerprint density at radius 2 is 1.76 bits per heavy atom. The van der Waals surface area contributed by atoms with E-state index >= 15 is 0 Å². The van der Waals surface area contributed by atoms with Crippen LogP contribution in [0.15, 0.2) is 24.4 Å². The number of hydrogen-bond acceptors (Lipinski definition) is 19. The van der Waals surface area contributed by atoms with Gasteiger partial charge in [-0.25, -0.2) is 28.6 Å². The summed E-state index contributed by atoms with van der Waals surface area (Å²) < 4.78 is 62.0. The number of fused-ring (bicyclic) bond motifs is 1. The first-order valence-corrected chi connectivity index (χ1v) is 21.4. The van der Waals surface area contributed by atoms with Crippen molar-refractivity contribution in [2.75, 3.05) is 44.8 Å². The number of imidazole rings is 1. The molecule has 2 aromatic rings. The highest BCUT2D eigenvalue weighted by molar-refractivity contribution is 8.14. The number of aliphatic hydroxyl groups excluding tert-OH is 2. The van der Waals surface area contributed by atoms with Crippen LogP contribution in [0.3, 0.4) is 0 Å². The topological polar surface area (TPSA) is 376 Å². The van der Waals surface area contributed by atoms with Gasteiger partial charge in [0, 0.05) is 37.7 Å². The van der Waals surface area contributed by atoms with Gasteiger partial charge in [0.05, 0.1) is 25.2 Å². The van der Waals surface area contributed by atoms with Gasteiger partial charge in [0.25, 0.3) is 0 Å². The van der Waals surface area contributed by atoms with Crippen molar-refractivity contribution in [1.29, 1.82) is 0 Å². The molecule has 1 aliphatic rings. The molecule has 29 heteroatoms. The van der Waals surface area contributed by atoms with Gasteiger partial charge in [-0.3, -0.25) is 32.5 Å². The number of aliphatic hydroxyl groups is 2. The number of thioether (sulfide) groups is 1. The van der Waals surface area contributed by atoms with Crippen molar-refractivity contribution in [1.82, 2.24) is 35.5 Å². The summed E-state index contributed by atoms with van der Waals surface area (Å²) in [6.45, 7) is 2.13. The van der Waals surface area contributed by atoms with E-state index < -0.39 is 84.6 Å².